The molecule has 4 N–H and O–H groups in total. The van der Waals surface area contributed by atoms with E-state index in [4.69, 9.17) is 11.5 Å². The predicted molar refractivity (Wildman–Crippen MR) is 43.3 cm³/mol. The molecule has 0 aromatic heterocycles. The third-order valence-corrected chi connectivity index (χ3v) is 3.21. The van der Waals surface area contributed by atoms with E-state index in [2.05, 4.69) is 0 Å². The molecule has 11 heavy (non-hydrogen) atoms. The van der Waals surface area contributed by atoms with Gasteiger partial charge in [-0.25, -0.2) is 0 Å². The first-order chi connectivity index (χ1) is 5.20. The molecule has 2 heterocycles. The molecule has 5 heteroatoms. The van der Waals surface area contributed by atoms with E-state index in [1.54, 1.807) is 22.9 Å². The Morgan fingerprint density at radius 2 is 2.45 bits per heavy atom. The molecule has 0 saturated carbocycles. The van der Waals surface area contributed by atoms with Crippen LogP contribution < -0.4 is 11.5 Å². The van der Waals surface area contributed by atoms with Gasteiger partial charge in [-0.15, -0.1) is 11.8 Å². The number of β-lactam (4-membered cyclic amide) rings is 1. The lowest BCUT2D eigenvalue weighted by Crippen LogP contribution is -2.66. The summed E-state index contributed by atoms with van der Waals surface area (Å²) in [6, 6.07) is -0.315. The zero-order valence-electron chi connectivity index (χ0n) is 5.86. The zero-order valence-corrected chi connectivity index (χ0v) is 6.67. The molecule has 2 unspecified atom stereocenters. The Hall–Kier alpha value is -0.680. The van der Waals surface area contributed by atoms with Crippen LogP contribution in [0.3, 0.4) is 0 Å². The van der Waals surface area contributed by atoms with Gasteiger partial charge >= 0.3 is 0 Å². The van der Waals surface area contributed by atoms with Crippen molar-refractivity contribution in [3.8, 4) is 0 Å². The van der Waals surface area contributed by atoms with E-state index in [0.717, 1.165) is 11.4 Å². The van der Waals surface area contributed by atoms with Gasteiger partial charge < -0.3 is 16.4 Å². The highest BCUT2D eigenvalue weighted by molar-refractivity contribution is 8.00. The maximum absolute atomic E-state index is 11.0. The van der Waals surface area contributed by atoms with E-state index in [-0.39, 0.29) is 17.3 Å². The summed E-state index contributed by atoms with van der Waals surface area (Å²) in [4.78, 5) is 12.6. The van der Waals surface area contributed by atoms with Gasteiger partial charge in [0.2, 0.25) is 5.91 Å². The van der Waals surface area contributed by atoms with Crippen LogP contribution >= 0.6 is 11.8 Å². The molecule has 0 aromatic carbocycles. The van der Waals surface area contributed by atoms with Gasteiger partial charge in [0.1, 0.15) is 11.4 Å². The first-order valence-corrected chi connectivity index (χ1v) is 4.40. The van der Waals surface area contributed by atoms with E-state index < -0.39 is 0 Å². The van der Waals surface area contributed by atoms with Crippen molar-refractivity contribution in [2.24, 2.45) is 11.5 Å². The molecular formula is C6H9N3OS. The molecule has 2 rings (SSSR count). The Morgan fingerprint density at radius 3 is 3.18 bits per heavy atom. The van der Waals surface area contributed by atoms with E-state index in [0.29, 0.717) is 0 Å². The second-order valence-corrected chi connectivity index (χ2v) is 3.78. The molecule has 4 nitrogen and oxygen atoms in total. The Balaban J connectivity index is 2.20. The molecule has 0 radical (unpaired) electrons. The number of nitrogens with two attached hydrogens (primary N) is 2. The highest BCUT2D eigenvalue weighted by Gasteiger charge is 2.45. The maximum Gasteiger partial charge on any atom is 0.247 e. The fraction of sp³-hybridized carbons (Fsp3) is 0.500. The average molecular weight is 171 g/mol. The van der Waals surface area contributed by atoms with Gasteiger partial charge in [-0.1, -0.05) is 0 Å². The molecule has 1 amide bonds. The Kier molecular flexibility index (Phi) is 1.37. The molecule has 0 aromatic rings. The first-order valence-electron chi connectivity index (χ1n) is 3.35. The summed E-state index contributed by atoms with van der Waals surface area (Å²) in [6.07, 6.45) is 1.69. The quantitative estimate of drug-likeness (QED) is 0.460. The average Bonchev–Trinajstić information content (AvgIpc) is 2.03. The molecule has 0 aliphatic carbocycles. The summed E-state index contributed by atoms with van der Waals surface area (Å²) in [7, 11) is 0. The van der Waals surface area contributed by atoms with Gasteiger partial charge in [0.05, 0.1) is 0 Å². The van der Waals surface area contributed by atoms with Crippen molar-refractivity contribution in [1.82, 2.24) is 4.90 Å². The molecule has 2 aliphatic rings. The van der Waals surface area contributed by atoms with Crippen LogP contribution in [0.5, 0.6) is 0 Å². The van der Waals surface area contributed by atoms with Crippen LogP contribution in [0.1, 0.15) is 0 Å². The molecule has 0 spiro atoms. The minimum atomic E-state index is -0.315. The van der Waals surface area contributed by atoms with Crippen LogP contribution in [0.25, 0.3) is 0 Å². The Bertz CT molecular complexity index is 240. The molecule has 60 valence electrons. The highest BCUT2D eigenvalue weighted by atomic mass is 32.2. The van der Waals surface area contributed by atoms with Crippen molar-refractivity contribution in [1.29, 1.82) is 0 Å². The molecule has 2 aliphatic heterocycles. The largest absolute Gasteiger partial charge is 0.400 e. The fourth-order valence-corrected chi connectivity index (χ4v) is 2.32. The zero-order chi connectivity index (χ0) is 8.01. The minimum absolute atomic E-state index is 0.0230. The Morgan fingerprint density at radius 1 is 1.73 bits per heavy atom. The molecule has 2 atom stereocenters. The van der Waals surface area contributed by atoms with E-state index in [1.807, 2.05) is 0 Å². The van der Waals surface area contributed by atoms with Crippen LogP contribution in [0.4, 0.5) is 0 Å². The van der Waals surface area contributed by atoms with Gasteiger partial charge in [-0.05, 0) is 0 Å². The lowest BCUT2D eigenvalue weighted by Gasteiger charge is -2.45. The van der Waals surface area contributed by atoms with Crippen molar-refractivity contribution in [2.75, 3.05) is 5.75 Å². The topological polar surface area (TPSA) is 72.3 Å². The third kappa shape index (κ3) is 0.844. The highest BCUT2D eigenvalue weighted by Crippen LogP contribution is 2.33. The van der Waals surface area contributed by atoms with Crippen LogP contribution in [-0.4, -0.2) is 28.0 Å². The van der Waals surface area contributed by atoms with Crippen LogP contribution in [0.15, 0.2) is 11.9 Å². The molecule has 1 fully saturated rings. The number of nitrogens with zero attached hydrogens (tertiary/aromatic N) is 1. The van der Waals surface area contributed by atoms with Gasteiger partial charge in [0.25, 0.3) is 0 Å². The number of rotatable bonds is 0. The van der Waals surface area contributed by atoms with Crippen LogP contribution in [-0.2, 0) is 4.79 Å². The molecular weight excluding hydrogens is 162 g/mol. The normalized spacial score (nSPS) is 35.9. The number of carbonyl (C=O) groups is 1. The van der Waals surface area contributed by atoms with Crippen LogP contribution in [0.2, 0.25) is 0 Å². The van der Waals surface area contributed by atoms with Crippen LogP contribution in [0, 0.1) is 0 Å². The van der Waals surface area contributed by atoms with Crippen molar-refractivity contribution >= 4 is 17.7 Å². The number of amides is 1. The van der Waals surface area contributed by atoms with Crippen molar-refractivity contribution in [3.05, 3.63) is 11.9 Å². The van der Waals surface area contributed by atoms with E-state index >= 15 is 0 Å². The monoisotopic (exact) mass is 171 g/mol. The van der Waals surface area contributed by atoms with Gasteiger partial charge in [-0.3, -0.25) is 4.79 Å². The number of hydrogen-bond donors (Lipinski definition) is 2. The summed E-state index contributed by atoms with van der Waals surface area (Å²) in [5.41, 5.74) is 11.8. The van der Waals surface area contributed by atoms with Gasteiger partial charge in [0.15, 0.2) is 0 Å². The van der Waals surface area contributed by atoms with Gasteiger partial charge in [-0.2, -0.15) is 0 Å². The molecule has 0 bridgehead atoms. The lowest BCUT2D eigenvalue weighted by atomic mass is 10.1. The second-order valence-electron chi connectivity index (χ2n) is 2.68. The number of fused-ring (bicyclic) bond motifs is 1. The predicted octanol–water partition coefficient (Wildman–Crippen LogP) is -0.971. The number of hydrogen-bond acceptors (Lipinski definition) is 4. The standard InChI is InChI=1S/C6H9N3OS/c7-3-1-9-5(10)4(8)6(9)11-2-3/h1,4,6H,2,7-8H2. The summed E-state index contributed by atoms with van der Waals surface area (Å²) in [5, 5.41) is 0.134. The smallest absolute Gasteiger partial charge is 0.247 e. The number of thioether (sulfide) groups is 1. The third-order valence-electron chi connectivity index (χ3n) is 1.85. The SMILES string of the molecule is NC1=CN2C(=O)C(N)C2SC1. The summed E-state index contributed by atoms with van der Waals surface area (Å²) in [5.74, 6) is 0.757. The summed E-state index contributed by atoms with van der Waals surface area (Å²) < 4.78 is 0. The molecule has 1 saturated heterocycles. The lowest BCUT2D eigenvalue weighted by molar-refractivity contribution is -0.140. The van der Waals surface area contributed by atoms with E-state index in [1.165, 1.54) is 0 Å². The summed E-state index contributed by atoms with van der Waals surface area (Å²) in [6.45, 7) is 0. The summed E-state index contributed by atoms with van der Waals surface area (Å²) >= 11 is 1.62. The second kappa shape index (κ2) is 2.15. The maximum atomic E-state index is 11.0. The Labute approximate surface area is 68.6 Å². The number of carbonyl (C=O) groups excluding carboxylic acids is 1. The fourth-order valence-electron chi connectivity index (χ4n) is 1.23. The van der Waals surface area contributed by atoms with Crippen molar-refractivity contribution < 1.29 is 4.79 Å². The minimum Gasteiger partial charge on any atom is -0.400 e. The van der Waals surface area contributed by atoms with Crippen molar-refractivity contribution in [2.45, 2.75) is 11.4 Å². The van der Waals surface area contributed by atoms with Crippen molar-refractivity contribution in [3.63, 3.8) is 0 Å². The first kappa shape index (κ1) is 7.00. The van der Waals surface area contributed by atoms with Gasteiger partial charge in [0, 0.05) is 17.6 Å². The van der Waals surface area contributed by atoms with E-state index in [9.17, 15) is 4.79 Å².